The molecule has 2 saturated heterocycles. The van der Waals surface area contributed by atoms with Crippen molar-refractivity contribution in [3.05, 3.63) is 0 Å². The molecule has 1 N–H and O–H groups in total. The lowest BCUT2D eigenvalue weighted by Crippen LogP contribution is -2.36. The molecule has 1 aliphatic carbocycles. The third kappa shape index (κ3) is 3.69. The Balaban J connectivity index is 1.33. The SMILES string of the molecule is OC(COC1CCOCC1)CN1CC2CCCC2C1. The minimum atomic E-state index is -0.332. The van der Waals surface area contributed by atoms with Crippen LogP contribution in [-0.2, 0) is 9.47 Å². The highest BCUT2D eigenvalue weighted by atomic mass is 16.5. The van der Waals surface area contributed by atoms with Crippen molar-refractivity contribution in [2.24, 2.45) is 11.8 Å². The highest BCUT2D eigenvalue weighted by Gasteiger charge is 2.36. The standard InChI is InChI=1S/C15H27NO3/c17-14(11-19-15-4-6-18-7-5-15)10-16-8-12-2-1-3-13(12)9-16/h12-15,17H,1-11H2. The maximum Gasteiger partial charge on any atom is 0.0900 e. The summed E-state index contributed by atoms with van der Waals surface area (Å²) in [4.78, 5) is 2.44. The number of hydrogen-bond acceptors (Lipinski definition) is 4. The lowest BCUT2D eigenvalue weighted by Gasteiger charge is -2.25. The molecule has 3 fully saturated rings. The molecule has 3 rings (SSSR count). The van der Waals surface area contributed by atoms with E-state index >= 15 is 0 Å². The van der Waals surface area contributed by atoms with Gasteiger partial charge in [0.1, 0.15) is 0 Å². The molecule has 3 unspecified atom stereocenters. The maximum atomic E-state index is 10.1. The molecule has 0 spiro atoms. The summed E-state index contributed by atoms with van der Waals surface area (Å²) < 4.78 is 11.1. The highest BCUT2D eigenvalue weighted by Crippen LogP contribution is 2.37. The molecule has 3 atom stereocenters. The third-order valence-electron chi connectivity index (χ3n) is 4.96. The van der Waals surface area contributed by atoms with Gasteiger partial charge in [-0.1, -0.05) is 6.42 Å². The molecule has 0 radical (unpaired) electrons. The van der Waals surface area contributed by atoms with Crippen molar-refractivity contribution in [3.63, 3.8) is 0 Å². The second-order valence-electron chi connectivity index (χ2n) is 6.47. The van der Waals surface area contributed by atoms with Gasteiger partial charge in [-0.05, 0) is 37.5 Å². The van der Waals surface area contributed by atoms with Gasteiger partial charge in [-0.15, -0.1) is 0 Å². The number of aliphatic hydroxyl groups excluding tert-OH is 1. The lowest BCUT2D eigenvalue weighted by molar-refractivity contribution is -0.0634. The van der Waals surface area contributed by atoms with E-state index in [2.05, 4.69) is 4.90 Å². The zero-order chi connectivity index (χ0) is 13.1. The van der Waals surface area contributed by atoms with Crippen molar-refractivity contribution >= 4 is 0 Å². The zero-order valence-corrected chi connectivity index (χ0v) is 11.8. The number of hydrogen-bond donors (Lipinski definition) is 1. The topological polar surface area (TPSA) is 41.9 Å². The van der Waals surface area contributed by atoms with Crippen molar-refractivity contribution in [2.75, 3.05) is 39.5 Å². The Hall–Kier alpha value is -0.160. The Morgan fingerprint density at radius 2 is 1.79 bits per heavy atom. The molecule has 3 aliphatic rings. The molecule has 110 valence electrons. The van der Waals surface area contributed by atoms with E-state index in [1.165, 1.54) is 32.4 Å². The number of fused-ring (bicyclic) bond motifs is 1. The van der Waals surface area contributed by atoms with Crippen LogP contribution in [0.5, 0.6) is 0 Å². The number of rotatable bonds is 5. The highest BCUT2D eigenvalue weighted by molar-refractivity contribution is 4.89. The number of aliphatic hydroxyl groups is 1. The first kappa shape index (κ1) is 13.8. The fourth-order valence-electron chi connectivity index (χ4n) is 3.92. The average Bonchev–Trinajstić information content (AvgIpc) is 2.98. The van der Waals surface area contributed by atoms with Crippen molar-refractivity contribution in [1.29, 1.82) is 0 Å². The minimum Gasteiger partial charge on any atom is -0.389 e. The lowest BCUT2D eigenvalue weighted by atomic mass is 10.0. The fourth-order valence-corrected chi connectivity index (χ4v) is 3.92. The molecule has 2 heterocycles. The smallest absolute Gasteiger partial charge is 0.0900 e. The predicted octanol–water partition coefficient (Wildman–Crippen LogP) is 1.27. The fraction of sp³-hybridized carbons (Fsp3) is 1.00. The van der Waals surface area contributed by atoms with Gasteiger partial charge in [0.05, 0.1) is 18.8 Å². The molecule has 0 amide bonds. The molecule has 19 heavy (non-hydrogen) atoms. The summed E-state index contributed by atoms with van der Waals surface area (Å²) in [6.07, 6.45) is 6.12. The molecule has 0 aromatic carbocycles. The molecule has 4 heteroatoms. The summed E-state index contributed by atoms with van der Waals surface area (Å²) in [5.41, 5.74) is 0. The zero-order valence-electron chi connectivity index (χ0n) is 11.8. The Kier molecular flexibility index (Phi) is 4.74. The Bertz CT molecular complexity index is 269. The van der Waals surface area contributed by atoms with Gasteiger partial charge in [-0.2, -0.15) is 0 Å². The molecule has 0 aromatic rings. The van der Waals surface area contributed by atoms with Crippen LogP contribution < -0.4 is 0 Å². The first-order valence-corrected chi connectivity index (χ1v) is 7.91. The van der Waals surface area contributed by atoms with Crippen LogP contribution in [0.2, 0.25) is 0 Å². The van der Waals surface area contributed by atoms with Crippen LogP contribution in [0.4, 0.5) is 0 Å². The summed E-state index contributed by atoms with van der Waals surface area (Å²) in [5, 5.41) is 10.1. The van der Waals surface area contributed by atoms with E-state index in [1.807, 2.05) is 0 Å². The second-order valence-corrected chi connectivity index (χ2v) is 6.47. The van der Waals surface area contributed by atoms with Crippen molar-refractivity contribution in [1.82, 2.24) is 4.90 Å². The van der Waals surface area contributed by atoms with E-state index in [9.17, 15) is 5.11 Å². The summed E-state index contributed by atoms with van der Waals surface area (Å²) in [6.45, 7) is 5.26. The minimum absolute atomic E-state index is 0.293. The molecule has 0 aromatic heterocycles. The maximum absolute atomic E-state index is 10.1. The number of nitrogens with zero attached hydrogens (tertiary/aromatic N) is 1. The summed E-state index contributed by atoms with van der Waals surface area (Å²) in [6, 6.07) is 0. The molecule has 4 nitrogen and oxygen atoms in total. The van der Waals surface area contributed by atoms with Gasteiger partial charge in [0.25, 0.3) is 0 Å². The summed E-state index contributed by atoms with van der Waals surface area (Å²) >= 11 is 0. The van der Waals surface area contributed by atoms with Crippen LogP contribution in [0, 0.1) is 11.8 Å². The van der Waals surface area contributed by atoms with Crippen LogP contribution in [0.15, 0.2) is 0 Å². The number of β-amino-alcohol motifs (C(OH)–C–C–N with tert-alkyl or cyclic N) is 1. The van der Waals surface area contributed by atoms with Gasteiger partial charge in [0.15, 0.2) is 0 Å². The Labute approximate surface area is 116 Å². The largest absolute Gasteiger partial charge is 0.389 e. The monoisotopic (exact) mass is 269 g/mol. The van der Waals surface area contributed by atoms with Gasteiger partial charge >= 0.3 is 0 Å². The van der Waals surface area contributed by atoms with Gasteiger partial charge < -0.3 is 19.5 Å². The molecular formula is C15H27NO3. The van der Waals surface area contributed by atoms with Gasteiger partial charge in [-0.25, -0.2) is 0 Å². The predicted molar refractivity (Wildman–Crippen MR) is 73.1 cm³/mol. The first-order valence-electron chi connectivity index (χ1n) is 7.91. The van der Waals surface area contributed by atoms with Crippen molar-refractivity contribution in [2.45, 2.75) is 44.3 Å². The van der Waals surface area contributed by atoms with Gasteiger partial charge in [0, 0.05) is 32.8 Å². The molecule has 2 aliphatic heterocycles. The van der Waals surface area contributed by atoms with E-state index in [-0.39, 0.29) is 6.10 Å². The third-order valence-corrected chi connectivity index (χ3v) is 4.96. The average molecular weight is 269 g/mol. The van der Waals surface area contributed by atoms with E-state index in [0.29, 0.717) is 12.7 Å². The first-order chi connectivity index (χ1) is 9.31. The normalized spacial score (nSPS) is 34.6. The van der Waals surface area contributed by atoms with Crippen molar-refractivity contribution in [3.8, 4) is 0 Å². The van der Waals surface area contributed by atoms with Crippen LogP contribution in [0.1, 0.15) is 32.1 Å². The second kappa shape index (κ2) is 6.53. The van der Waals surface area contributed by atoms with Crippen LogP contribution in [-0.4, -0.2) is 61.7 Å². The Morgan fingerprint density at radius 1 is 1.11 bits per heavy atom. The van der Waals surface area contributed by atoms with E-state index in [0.717, 1.165) is 44.4 Å². The molecule has 1 saturated carbocycles. The number of likely N-dealkylation sites (tertiary alicyclic amines) is 1. The summed E-state index contributed by atoms with van der Waals surface area (Å²) in [5.74, 6) is 1.81. The van der Waals surface area contributed by atoms with Crippen LogP contribution in [0.25, 0.3) is 0 Å². The number of ether oxygens (including phenoxy) is 2. The van der Waals surface area contributed by atoms with Gasteiger partial charge in [0.2, 0.25) is 0 Å². The summed E-state index contributed by atoms with van der Waals surface area (Å²) in [7, 11) is 0. The van der Waals surface area contributed by atoms with Crippen LogP contribution in [0.3, 0.4) is 0 Å². The quantitative estimate of drug-likeness (QED) is 0.816. The van der Waals surface area contributed by atoms with Crippen LogP contribution >= 0.6 is 0 Å². The van der Waals surface area contributed by atoms with E-state index < -0.39 is 0 Å². The van der Waals surface area contributed by atoms with E-state index in [1.54, 1.807) is 0 Å². The Morgan fingerprint density at radius 3 is 2.47 bits per heavy atom. The molecule has 0 bridgehead atoms. The van der Waals surface area contributed by atoms with Crippen molar-refractivity contribution < 1.29 is 14.6 Å². The van der Waals surface area contributed by atoms with E-state index in [4.69, 9.17) is 9.47 Å². The van der Waals surface area contributed by atoms with Gasteiger partial charge in [-0.3, -0.25) is 0 Å². The molecular weight excluding hydrogens is 242 g/mol.